The highest BCUT2D eigenvalue weighted by molar-refractivity contribution is 5.91. The molecular formula is C22H29N5O3. The Morgan fingerprint density at radius 3 is 2.77 bits per heavy atom. The number of rotatable bonds is 5. The number of nitrogens with one attached hydrogen (secondary N) is 1. The van der Waals surface area contributed by atoms with Crippen LogP contribution in [0.2, 0.25) is 0 Å². The monoisotopic (exact) mass is 411 g/mol. The van der Waals surface area contributed by atoms with Gasteiger partial charge in [0, 0.05) is 50.7 Å². The highest BCUT2D eigenvalue weighted by Gasteiger charge is 2.33. The van der Waals surface area contributed by atoms with Crippen molar-refractivity contribution in [2.24, 2.45) is 5.92 Å². The van der Waals surface area contributed by atoms with Gasteiger partial charge in [-0.15, -0.1) is 0 Å². The van der Waals surface area contributed by atoms with E-state index in [1.807, 2.05) is 24.0 Å². The molecule has 2 amide bonds. The van der Waals surface area contributed by atoms with Gasteiger partial charge in [-0.25, -0.2) is 0 Å². The largest absolute Gasteiger partial charge is 0.352 e. The van der Waals surface area contributed by atoms with Crippen LogP contribution < -0.4 is 5.32 Å². The number of piperidine rings is 2. The first kappa shape index (κ1) is 20.5. The van der Waals surface area contributed by atoms with E-state index in [9.17, 15) is 9.59 Å². The molecule has 30 heavy (non-hydrogen) atoms. The molecule has 0 saturated carbocycles. The quantitative estimate of drug-likeness (QED) is 0.809. The number of pyridine rings is 1. The predicted octanol–water partition coefficient (Wildman–Crippen LogP) is 2.01. The lowest BCUT2D eigenvalue weighted by Crippen LogP contribution is -2.51. The zero-order valence-corrected chi connectivity index (χ0v) is 17.4. The Balaban J connectivity index is 1.26. The van der Waals surface area contributed by atoms with Crippen LogP contribution in [0.4, 0.5) is 0 Å². The standard InChI is InChI=1S/C22H29N5O3/c1-16-12-20(30-25-16)22(29)26-10-6-19(7-11-26)27-9-3-5-18(15-27)21(28)24-14-17-4-2-8-23-13-17/h2,4,8,12-13,18-19H,3,5-7,9-11,14-15H2,1H3,(H,24,28)/t18-/m1/s1. The molecule has 2 fully saturated rings. The van der Waals surface area contributed by atoms with E-state index in [0.29, 0.717) is 31.4 Å². The van der Waals surface area contributed by atoms with E-state index in [1.54, 1.807) is 18.5 Å². The van der Waals surface area contributed by atoms with Gasteiger partial charge in [0.1, 0.15) is 0 Å². The van der Waals surface area contributed by atoms with Gasteiger partial charge in [-0.05, 0) is 50.8 Å². The highest BCUT2D eigenvalue weighted by atomic mass is 16.5. The molecular weight excluding hydrogens is 382 g/mol. The van der Waals surface area contributed by atoms with Crippen LogP contribution in [0, 0.1) is 12.8 Å². The molecule has 1 atom stereocenters. The van der Waals surface area contributed by atoms with E-state index >= 15 is 0 Å². The second-order valence-corrected chi connectivity index (χ2v) is 8.27. The van der Waals surface area contributed by atoms with Gasteiger partial charge >= 0.3 is 0 Å². The second kappa shape index (κ2) is 9.38. The summed E-state index contributed by atoms with van der Waals surface area (Å²) in [5, 5.41) is 6.87. The van der Waals surface area contributed by atoms with Crippen molar-refractivity contribution in [3.8, 4) is 0 Å². The molecule has 2 aromatic heterocycles. The zero-order valence-electron chi connectivity index (χ0n) is 17.4. The summed E-state index contributed by atoms with van der Waals surface area (Å²) in [6.07, 6.45) is 7.31. The van der Waals surface area contributed by atoms with Gasteiger partial charge in [-0.2, -0.15) is 0 Å². The van der Waals surface area contributed by atoms with Gasteiger partial charge in [0.15, 0.2) is 0 Å². The van der Waals surface area contributed by atoms with Crippen LogP contribution in [0.15, 0.2) is 35.1 Å². The summed E-state index contributed by atoms with van der Waals surface area (Å²) in [6, 6.07) is 5.95. The Bertz CT molecular complexity index is 861. The van der Waals surface area contributed by atoms with Gasteiger partial charge in [-0.3, -0.25) is 19.5 Å². The number of amides is 2. The topological polar surface area (TPSA) is 91.6 Å². The summed E-state index contributed by atoms with van der Waals surface area (Å²) in [7, 11) is 0. The average Bonchev–Trinajstić information content (AvgIpc) is 3.24. The minimum Gasteiger partial charge on any atom is -0.352 e. The fourth-order valence-electron chi connectivity index (χ4n) is 4.44. The Labute approximate surface area is 176 Å². The molecule has 4 heterocycles. The van der Waals surface area contributed by atoms with E-state index in [4.69, 9.17) is 4.52 Å². The number of nitrogens with zero attached hydrogens (tertiary/aromatic N) is 4. The third kappa shape index (κ3) is 4.87. The van der Waals surface area contributed by atoms with Crippen LogP contribution in [0.1, 0.15) is 47.5 Å². The first-order valence-corrected chi connectivity index (χ1v) is 10.7. The van der Waals surface area contributed by atoms with Crippen LogP contribution >= 0.6 is 0 Å². The Morgan fingerprint density at radius 1 is 1.23 bits per heavy atom. The maximum Gasteiger partial charge on any atom is 0.292 e. The molecule has 2 aromatic rings. The maximum absolute atomic E-state index is 12.7. The van der Waals surface area contributed by atoms with Crippen molar-refractivity contribution in [1.82, 2.24) is 25.3 Å². The minimum atomic E-state index is -0.0830. The SMILES string of the molecule is Cc1cc(C(=O)N2CCC(N3CCC[C@@H](C(=O)NCc4cccnc4)C3)CC2)on1. The van der Waals surface area contributed by atoms with Crippen molar-refractivity contribution in [2.75, 3.05) is 26.2 Å². The van der Waals surface area contributed by atoms with Crippen LogP contribution in [-0.4, -0.2) is 64.0 Å². The molecule has 0 radical (unpaired) electrons. The normalized spacial score (nSPS) is 20.8. The molecule has 0 aliphatic carbocycles. The third-order valence-electron chi connectivity index (χ3n) is 6.12. The molecule has 2 aliphatic rings. The summed E-state index contributed by atoms with van der Waals surface area (Å²) in [5.74, 6) is 0.374. The molecule has 0 spiro atoms. The van der Waals surface area contributed by atoms with Crippen molar-refractivity contribution in [2.45, 2.75) is 45.2 Å². The number of hydrogen-bond acceptors (Lipinski definition) is 6. The lowest BCUT2D eigenvalue weighted by atomic mass is 9.93. The van der Waals surface area contributed by atoms with E-state index in [2.05, 4.69) is 20.4 Å². The van der Waals surface area contributed by atoms with Gasteiger partial charge < -0.3 is 14.7 Å². The molecule has 2 aliphatic heterocycles. The Hall–Kier alpha value is -2.74. The van der Waals surface area contributed by atoms with Gasteiger partial charge in [0.2, 0.25) is 11.7 Å². The molecule has 8 heteroatoms. The molecule has 2 saturated heterocycles. The number of aryl methyl sites for hydroxylation is 1. The molecule has 0 aromatic carbocycles. The van der Waals surface area contributed by atoms with Crippen LogP contribution in [0.25, 0.3) is 0 Å². The van der Waals surface area contributed by atoms with Crippen LogP contribution in [0.5, 0.6) is 0 Å². The van der Waals surface area contributed by atoms with Crippen LogP contribution in [0.3, 0.4) is 0 Å². The summed E-state index contributed by atoms with van der Waals surface area (Å²) in [4.78, 5) is 33.6. The van der Waals surface area contributed by atoms with E-state index < -0.39 is 0 Å². The van der Waals surface area contributed by atoms with Crippen molar-refractivity contribution in [1.29, 1.82) is 0 Å². The number of likely N-dealkylation sites (tertiary alicyclic amines) is 2. The minimum absolute atomic E-state index is 0.0206. The lowest BCUT2D eigenvalue weighted by Gasteiger charge is -2.41. The van der Waals surface area contributed by atoms with Gasteiger partial charge in [0.25, 0.3) is 5.91 Å². The maximum atomic E-state index is 12.7. The predicted molar refractivity (Wildman–Crippen MR) is 111 cm³/mol. The van der Waals surface area contributed by atoms with E-state index in [1.165, 1.54) is 0 Å². The fraction of sp³-hybridized carbons (Fsp3) is 0.545. The Morgan fingerprint density at radius 2 is 2.07 bits per heavy atom. The van der Waals surface area contributed by atoms with Crippen LogP contribution in [-0.2, 0) is 11.3 Å². The lowest BCUT2D eigenvalue weighted by molar-refractivity contribution is -0.127. The molecule has 160 valence electrons. The van der Waals surface area contributed by atoms with Gasteiger partial charge in [0.05, 0.1) is 11.6 Å². The Kier molecular flexibility index (Phi) is 6.42. The summed E-state index contributed by atoms with van der Waals surface area (Å²) >= 11 is 0. The average molecular weight is 412 g/mol. The third-order valence-corrected chi connectivity index (χ3v) is 6.12. The van der Waals surface area contributed by atoms with Crippen molar-refractivity contribution < 1.29 is 14.1 Å². The number of aromatic nitrogens is 2. The first-order valence-electron chi connectivity index (χ1n) is 10.7. The molecule has 8 nitrogen and oxygen atoms in total. The number of carbonyl (C=O) groups is 2. The zero-order chi connectivity index (χ0) is 20.9. The van der Waals surface area contributed by atoms with E-state index in [-0.39, 0.29) is 17.7 Å². The summed E-state index contributed by atoms with van der Waals surface area (Å²) < 4.78 is 5.12. The van der Waals surface area contributed by atoms with Crippen molar-refractivity contribution >= 4 is 11.8 Å². The van der Waals surface area contributed by atoms with E-state index in [0.717, 1.165) is 50.0 Å². The summed E-state index contributed by atoms with van der Waals surface area (Å²) in [6.45, 7) is 5.55. The highest BCUT2D eigenvalue weighted by Crippen LogP contribution is 2.25. The smallest absolute Gasteiger partial charge is 0.292 e. The number of hydrogen-bond donors (Lipinski definition) is 1. The number of carbonyl (C=O) groups excluding carboxylic acids is 2. The van der Waals surface area contributed by atoms with Crippen molar-refractivity contribution in [3.63, 3.8) is 0 Å². The molecule has 0 unspecified atom stereocenters. The van der Waals surface area contributed by atoms with Crippen molar-refractivity contribution in [3.05, 3.63) is 47.6 Å². The first-order chi connectivity index (χ1) is 14.6. The van der Waals surface area contributed by atoms with Gasteiger partial charge in [-0.1, -0.05) is 11.2 Å². The molecule has 4 rings (SSSR count). The second-order valence-electron chi connectivity index (χ2n) is 8.27. The molecule has 0 bridgehead atoms. The molecule has 1 N–H and O–H groups in total. The summed E-state index contributed by atoms with van der Waals surface area (Å²) in [5.41, 5.74) is 1.73. The fourth-order valence-corrected chi connectivity index (χ4v) is 4.44.